The van der Waals surface area contributed by atoms with Crippen LogP contribution in [0.25, 0.3) is 0 Å². The predicted octanol–water partition coefficient (Wildman–Crippen LogP) is 3.17. The largest absolute Gasteiger partial charge is 0.490 e. The van der Waals surface area contributed by atoms with E-state index in [1.54, 1.807) is 6.26 Å². The second-order valence-electron chi connectivity index (χ2n) is 7.40. The van der Waals surface area contributed by atoms with Gasteiger partial charge in [0.05, 0.1) is 25.1 Å². The Kier molecular flexibility index (Phi) is 6.96. The minimum atomic E-state index is -5.08. The molecule has 0 saturated heterocycles. The molecule has 2 aromatic heterocycles. The van der Waals surface area contributed by atoms with E-state index < -0.39 is 12.1 Å². The fraction of sp³-hybridized carbons (Fsp3) is 0.579. The van der Waals surface area contributed by atoms with Gasteiger partial charge in [-0.2, -0.15) is 18.3 Å². The molecule has 0 aromatic carbocycles. The summed E-state index contributed by atoms with van der Waals surface area (Å²) in [6.45, 7) is 5.48. The Balaban J connectivity index is 0.000000298. The van der Waals surface area contributed by atoms with E-state index in [4.69, 9.17) is 19.1 Å². The molecule has 1 atom stereocenters. The summed E-state index contributed by atoms with van der Waals surface area (Å²) in [6.07, 6.45) is 1.25. The zero-order valence-electron chi connectivity index (χ0n) is 15.8. The first-order valence-electron chi connectivity index (χ1n) is 9.44. The van der Waals surface area contributed by atoms with Crippen molar-refractivity contribution in [1.29, 1.82) is 0 Å². The Morgan fingerprint density at radius 1 is 1.24 bits per heavy atom. The molecule has 1 saturated carbocycles. The summed E-state index contributed by atoms with van der Waals surface area (Å²) in [7, 11) is 0. The van der Waals surface area contributed by atoms with Crippen molar-refractivity contribution >= 4 is 5.97 Å². The van der Waals surface area contributed by atoms with Crippen LogP contribution in [0.5, 0.6) is 0 Å². The monoisotopic (exact) mass is 415 g/mol. The molecule has 0 spiro atoms. The standard InChI is InChI=1S/C17H23N3O2.C2HF3O2/c1-2-17(22-7-1)11-19-8-15(13-21-12-14-3-4-14)9-20-16(10-19)5-6-18-20;3-2(4,5)1(6)7/h1-2,5-7,14-15H,3-4,8-13H2;(H,6,7). The second-order valence-corrected chi connectivity index (χ2v) is 7.40. The summed E-state index contributed by atoms with van der Waals surface area (Å²) in [6, 6.07) is 6.11. The van der Waals surface area contributed by atoms with E-state index in [-0.39, 0.29) is 0 Å². The van der Waals surface area contributed by atoms with Crippen LogP contribution < -0.4 is 0 Å². The molecule has 1 unspecified atom stereocenters. The molecule has 1 aliphatic heterocycles. The molecule has 1 fully saturated rings. The Hall–Kier alpha value is -2.33. The molecular formula is C19H24F3N3O4. The molecular weight excluding hydrogens is 391 g/mol. The zero-order chi connectivity index (χ0) is 20.9. The molecule has 4 rings (SSSR count). The Morgan fingerprint density at radius 2 is 1.97 bits per heavy atom. The van der Waals surface area contributed by atoms with E-state index in [2.05, 4.69) is 20.7 Å². The molecule has 2 aliphatic rings. The predicted molar refractivity (Wildman–Crippen MR) is 95.8 cm³/mol. The van der Waals surface area contributed by atoms with Gasteiger partial charge >= 0.3 is 12.1 Å². The number of aromatic nitrogens is 2. The highest BCUT2D eigenvalue weighted by Gasteiger charge is 2.38. The molecule has 2 aromatic rings. The highest BCUT2D eigenvalue weighted by Crippen LogP contribution is 2.29. The summed E-state index contributed by atoms with van der Waals surface area (Å²) in [5.41, 5.74) is 1.27. The van der Waals surface area contributed by atoms with Crippen LogP contribution >= 0.6 is 0 Å². The number of carboxylic acid groups (broad SMARTS) is 1. The first kappa shape index (κ1) is 21.4. The number of carbonyl (C=O) groups is 1. The van der Waals surface area contributed by atoms with Crippen LogP contribution in [-0.4, -0.2) is 51.7 Å². The lowest BCUT2D eigenvalue weighted by Gasteiger charge is -2.22. The summed E-state index contributed by atoms with van der Waals surface area (Å²) in [4.78, 5) is 11.3. The Bertz CT molecular complexity index is 772. The van der Waals surface area contributed by atoms with E-state index in [1.807, 2.05) is 18.3 Å². The summed E-state index contributed by atoms with van der Waals surface area (Å²) in [5, 5.41) is 11.6. The van der Waals surface area contributed by atoms with Crippen molar-refractivity contribution in [3.63, 3.8) is 0 Å². The van der Waals surface area contributed by atoms with Gasteiger partial charge in [0.1, 0.15) is 5.76 Å². The number of nitrogens with zero attached hydrogens (tertiary/aromatic N) is 3. The van der Waals surface area contributed by atoms with Gasteiger partial charge in [0, 0.05) is 38.4 Å². The number of halogens is 3. The van der Waals surface area contributed by atoms with Gasteiger partial charge in [0.25, 0.3) is 0 Å². The fourth-order valence-electron chi connectivity index (χ4n) is 3.15. The maximum atomic E-state index is 10.6. The second kappa shape index (κ2) is 9.45. The van der Waals surface area contributed by atoms with Crippen molar-refractivity contribution in [2.24, 2.45) is 11.8 Å². The highest BCUT2D eigenvalue weighted by molar-refractivity contribution is 5.73. The topological polar surface area (TPSA) is 80.7 Å². The van der Waals surface area contributed by atoms with Crippen molar-refractivity contribution in [1.82, 2.24) is 14.7 Å². The summed E-state index contributed by atoms with van der Waals surface area (Å²) < 4.78 is 45.3. The zero-order valence-corrected chi connectivity index (χ0v) is 15.8. The molecule has 3 heterocycles. The molecule has 0 bridgehead atoms. The van der Waals surface area contributed by atoms with Gasteiger partial charge in [-0.25, -0.2) is 4.79 Å². The van der Waals surface area contributed by atoms with Crippen molar-refractivity contribution in [2.75, 3.05) is 19.8 Å². The lowest BCUT2D eigenvalue weighted by molar-refractivity contribution is -0.192. The quantitative estimate of drug-likeness (QED) is 0.781. The van der Waals surface area contributed by atoms with Gasteiger partial charge in [-0.05, 0) is 37.0 Å². The Labute approximate surface area is 166 Å². The van der Waals surface area contributed by atoms with Crippen molar-refractivity contribution < 1.29 is 32.2 Å². The molecule has 0 radical (unpaired) electrons. The number of alkyl halides is 3. The first-order chi connectivity index (χ1) is 13.8. The van der Waals surface area contributed by atoms with Gasteiger partial charge in [0.15, 0.2) is 0 Å². The van der Waals surface area contributed by atoms with Gasteiger partial charge in [-0.3, -0.25) is 9.58 Å². The minimum absolute atomic E-state index is 0.481. The molecule has 160 valence electrons. The highest BCUT2D eigenvalue weighted by atomic mass is 19.4. The number of hydrogen-bond acceptors (Lipinski definition) is 5. The van der Waals surface area contributed by atoms with Crippen LogP contribution in [0.15, 0.2) is 35.1 Å². The lowest BCUT2D eigenvalue weighted by atomic mass is 10.1. The lowest BCUT2D eigenvalue weighted by Crippen LogP contribution is -2.30. The summed E-state index contributed by atoms with van der Waals surface area (Å²) >= 11 is 0. The third-order valence-electron chi connectivity index (χ3n) is 4.74. The minimum Gasteiger partial charge on any atom is -0.475 e. The molecule has 1 N–H and O–H groups in total. The number of ether oxygens (including phenoxy) is 1. The van der Waals surface area contributed by atoms with E-state index in [0.29, 0.717) is 5.92 Å². The number of furan rings is 1. The van der Waals surface area contributed by atoms with Crippen molar-refractivity contribution in [3.8, 4) is 0 Å². The van der Waals surface area contributed by atoms with E-state index in [9.17, 15) is 13.2 Å². The maximum Gasteiger partial charge on any atom is 0.490 e. The number of hydrogen-bond donors (Lipinski definition) is 1. The molecule has 29 heavy (non-hydrogen) atoms. The smallest absolute Gasteiger partial charge is 0.475 e. The van der Waals surface area contributed by atoms with Crippen LogP contribution in [-0.2, 0) is 29.2 Å². The number of carboxylic acids is 1. The number of fused-ring (bicyclic) bond motifs is 1. The van der Waals surface area contributed by atoms with Crippen LogP contribution in [0, 0.1) is 11.8 Å². The van der Waals surface area contributed by atoms with Gasteiger partial charge < -0.3 is 14.3 Å². The average molecular weight is 415 g/mol. The number of aliphatic carboxylic acids is 1. The van der Waals surface area contributed by atoms with Crippen LogP contribution in [0.1, 0.15) is 24.3 Å². The summed E-state index contributed by atoms with van der Waals surface area (Å²) in [5.74, 6) is -0.432. The van der Waals surface area contributed by atoms with E-state index in [0.717, 1.165) is 51.1 Å². The first-order valence-corrected chi connectivity index (χ1v) is 9.44. The number of rotatable bonds is 6. The van der Waals surface area contributed by atoms with Gasteiger partial charge in [0.2, 0.25) is 0 Å². The fourth-order valence-corrected chi connectivity index (χ4v) is 3.15. The van der Waals surface area contributed by atoms with Crippen LogP contribution in [0.3, 0.4) is 0 Å². The van der Waals surface area contributed by atoms with E-state index >= 15 is 0 Å². The molecule has 10 heteroatoms. The van der Waals surface area contributed by atoms with Crippen molar-refractivity contribution in [3.05, 3.63) is 42.1 Å². The SMILES string of the molecule is O=C(O)C(F)(F)F.c1coc(CN2Cc3ccnn3CC(COCC3CC3)C2)c1. The Morgan fingerprint density at radius 3 is 2.59 bits per heavy atom. The molecule has 7 nitrogen and oxygen atoms in total. The molecule has 0 amide bonds. The normalized spacial score (nSPS) is 19.8. The van der Waals surface area contributed by atoms with Crippen molar-refractivity contribution in [2.45, 2.75) is 38.7 Å². The van der Waals surface area contributed by atoms with Gasteiger partial charge in [-0.1, -0.05) is 0 Å². The van der Waals surface area contributed by atoms with Crippen LogP contribution in [0.2, 0.25) is 0 Å². The average Bonchev–Trinajstić information content (AvgIpc) is 3.19. The van der Waals surface area contributed by atoms with E-state index in [1.165, 1.54) is 18.5 Å². The molecule has 1 aliphatic carbocycles. The van der Waals surface area contributed by atoms with Gasteiger partial charge in [-0.15, -0.1) is 0 Å². The third kappa shape index (κ3) is 6.90. The maximum absolute atomic E-state index is 10.6. The third-order valence-corrected chi connectivity index (χ3v) is 4.74. The van der Waals surface area contributed by atoms with Crippen LogP contribution in [0.4, 0.5) is 13.2 Å².